The van der Waals surface area contributed by atoms with Crippen LogP contribution >= 0.6 is 0 Å². The molecule has 1 aromatic carbocycles. The molecule has 0 aliphatic heterocycles. The molecule has 2 N–H and O–H groups in total. The molecule has 26 heavy (non-hydrogen) atoms. The Morgan fingerprint density at radius 2 is 2.00 bits per heavy atom. The third-order valence-corrected chi connectivity index (χ3v) is 4.67. The molecule has 0 radical (unpaired) electrons. The van der Waals surface area contributed by atoms with Crippen molar-refractivity contribution in [3.05, 3.63) is 65.6 Å². The molecule has 3 rings (SSSR count). The predicted octanol–water partition coefficient (Wildman–Crippen LogP) is 4.27. The minimum Gasteiger partial charge on any atom is -0.368 e. The smallest absolute Gasteiger partial charge is 0.271 e. The van der Waals surface area contributed by atoms with E-state index in [4.69, 9.17) is 0 Å². The van der Waals surface area contributed by atoms with Crippen LogP contribution in [-0.4, -0.2) is 22.4 Å². The van der Waals surface area contributed by atoms with Crippen molar-refractivity contribution in [1.29, 1.82) is 0 Å². The molecule has 0 spiro atoms. The largest absolute Gasteiger partial charge is 0.368 e. The highest BCUT2D eigenvalue weighted by atomic mass is 16.1. The van der Waals surface area contributed by atoms with Gasteiger partial charge in [-0.2, -0.15) is 0 Å². The van der Waals surface area contributed by atoms with Gasteiger partial charge in [-0.05, 0) is 44.6 Å². The second kappa shape index (κ2) is 9.13. The maximum atomic E-state index is 12.3. The van der Waals surface area contributed by atoms with Crippen molar-refractivity contribution in [3.63, 3.8) is 0 Å². The molecule has 5 nitrogen and oxygen atoms in total. The van der Waals surface area contributed by atoms with E-state index in [2.05, 4.69) is 26.7 Å². The lowest BCUT2D eigenvalue weighted by molar-refractivity contribution is 0.0934. The van der Waals surface area contributed by atoms with Crippen LogP contribution in [0.25, 0.3) is 0 Å². The van der Waals surface area contributed by atoms with Crippen LogP contribution < -0.4 is 10.6 Å². The van der Waals surface area contributed by atoms with Gasteiger partial charge in [0, 0.05) is 6.54 Å². The summed E-state index contributed by atoms with van der Waals surface area (Å²) >= 11 is 0. The first-order valence-corrected chi connectivity index (χ1v) is 9.32. The van der Waals surface area contributed by atoms with Crippen molar-refractivity contribution in [1.82, 2.24) is 15.3 Å². The third-order valence-electron chi connectivity index (χ3n) is 4.67. The molecule has 2 aromatic rings. The van der Waals surface area contributed by atoms with Gasteiger partial charge in [-0.3, -0.25) is 4.79 Å². The standard InChI is InChI=1S/C21H26N4O/c1-16(18-10-6-3-7-11-18)25-21(26)19-14-24-20(15-23-19)22-13-12-17-8-4-2-5-9-17/h3,6-8,10-11,14-16H,2,4-5,9,12-13H2,1H3,(H,22,24)(H,25,26). The molecule has 0 saturated heterocycles. The Hall–Kier alpha value is -2.69. The Morgan fingerprint density at radius 3 is 2.69 bits per heavy atom. The van der Waals surface area contributed by atoms with E-state index in [9.17, 15) is 4.79 Å². The molecular weight excluding hydrogens is 324 g/mol. The van der Waals surface area contributed by atoms with Crippen molar-refractivity contribution in [2.24, 2.45) is 0 Å². The summed E-state index contributed by atoms with van der Waals surface area (Å²) in [5.41, 5.74) is 2.92. The van der Waals surface area contributed by atoms with E-state index in [1.165, 1.54) is 37.5 Å². The topological polar surface area (TPSA) is 66.9 Å². The lowest BCUT2D eigenvalue weighted by Gasteiger charge is -2.14. The monoisotopic (exact) mass is 350 g/mol. The number of nitrogens with one attached hydrogen (secondary N) is 2. The van der Waals surface area contributed by atoms with E-state index >= 15 is 0 Å². The summed E-state index contributed by atoms with van der Waals surface area (Å²) in [6.45, 7) is 2.80. The zero-order valence-electron chi connectivity index (χ0n) is 15.2. The number of benzene rings is 1. The van der Waals surface area contributed by atoms with Gasteiger partial charge in [-0.25, -0.2) is 9.97 Å². The number of carbonyl (C=O) groups excluding carboxylic acids is 1. The molecule has 1 aliphatic rings. The fourth-order valence-electron chi connectivity index (χ4n) is 3.12. The van der Waals surface area contributed by atoms with Gasteiger partial charge in [-0.1, -0.05) is 42.0 Å². The summed E-state index contributed by atoms with van der Waals surface area (Å²) in [5.74, 6) is 0.488. The molecule has 5 heteroatoms. The van der Waals surface area contributed by atoms with Crippen LogP contribution in [0.1, 0.15) is 61.1 Å². The van der Waals surface area contributed by atoms with Gasteiger partial charge in [0.15, 0.2) is 0 Å². The Morgan fingerprint density at radius 1 is 1.15 bits per heavy atom. The molecule has 1 unspecified atom stereocenters. The van der Waals surface area contributed by atoms with Crippen molar-refractivity contribution >= 4 is 11.7 Å². The molecule has 0 bridgehead atoms. The highest BCUT2D eigenvalue weighted by Crippen LogP contribution is 2.20. The normalized spacial score (nSPS) is 15.0. The van der Waals surface area contributed by atoms with Gasteiger partial charge in [0.25, 0.3) is 5.91 Å². The van der Waals surface area contributed by atoms with Gasteiger partial charge in [0.2, 0.25) is 0 Å². The molecular formula is C21H26N4O. The Kier molecular flexibility index (Phi) is 6.36. The summed E-state index contributed by atoms with van der Waals surface area (Å²) < 4.78 is 0. The minimum atomic E-state index is -0.215. The number of amides is 1. The van der Waals surface area contributed by atoms with Crippen LogP contribution in [0.4, 0.5) is 5.82 Å². The van der Waals surface area contributed by atoms with Crippen molar-refractivity contribution in [2.45, 2.75) is 45.1 Å². The lowest BCUT2D eigenvalue weighted by Crippen LogP contribution is -2.27. The maximum Gasteiger partial charge on any atom is 0.271 e. The summed E-state index contributed by atoms with van der Waals surface area (Å²) in [5, 5.41) is 6.23. The number of hydrogen-bond donors (Lipinski definition) is 2. The number of nitrogens with zero attached hydrogens (tertiary/aromatic N) is 2. The summed E-state index contributed by atoms with van der Waals surface area (Å²) in [6, 6.07) is 9.78. The first-order valence-electron chi connectivity index (χ1n) is 9.32. The summed E-state index contributed by atoms with van der Waals surface area (Å²) in [4.78, 5) is 20.9. The Balaban J connectivity index is 1.48. The number of allylic oxidation sites excluding steroid dienone is 1. The zero-order valence-corrected chi connectivity index (χ0v) is 15.2. The summed E-state index contributed by atoms with van der Waals surface area (Å²) in [7, 11) is 0. The van der Waals surface area contributed by atoms with Gasteiger partial charge in [0.05, 0.1) is 18.4 Å². The fourth-order valence-corrected chi connectivity index (χ4v) is 3.12. The van der Waals surface area contributed by atoms with Crippen molar-refractivity contribution in [3.8, 4) is 0 Å². The quantitative estimate of drug-likeness (QED) is 0.732. The van der Waals surface area contributed by atoms with E-state index in [1.807, 2.05) is 37.3 Å². The minimum absolute atomic E-state index is 0.0768. The number of hydrogen-bond acceptors (Lipinski definition) is 4. The first kappa shape index (κ1) is 18.1. The van der Waals surface area contributed by atoms with Crippen LogP contribution in [0.15, 0.2) is 54.4 Å². The van der Waals surface area contributed by atoms with E-state index in [0.29, 0.717) is 11.5 Å². The highest BCUT2D eigenvalue weighted by molar-refractivity contribution is 5.92. The van der Waals surface area contributed by atoms with Gasteiger partial charge >= 0.3 is 0 Å². The van der Waals surface area contributed by atoms with Crippen LogP contribution in [0.5, 0.6) is 0 Å². The maximum absolute atomic E-state index is 12.3. The second-order valence-electron chi connectivity index (χ2n) is 6.68. The number of carbonyl (C=O) groups is 1. The first-order chi connectivity index (χ1) is 12.7. The van der Waals surface area contributed by atoms with Crippen LogP contribution in [0.3, 0.4) is 0 Å². The number of aromatic nitrogens is 2. The predicted molar refractivity (Wildman–Crippen MR) is 104 cm³/mol. The molecule has 1 atom stereocenters. The second-order valence-corrected chi connectivity index (χ2v) is 6.68. The van der Waals surface area contributed by atoms with E-state index in [-0.39, 0.29) is 11.9 Å². The average Bonchev–Trinajstić information content (AvgIpc) is 2.70. The van der Waals surface area contributed by atoms with Gasteiger partial charge in [-0.15, -0.1) is 0 Å². The Labute approximate surface area is 155 Å². The van der Waals surface area contributed by atoms with Crippen LogP contribution in [0, 0.1) is 0 Å². The fraction of sp³-hybridized carbons (Fsp3) is 0.381. The molecule has 0 saturated carbocycles. The molecule has 0 fully saturated rings. The van der Waals surface area contributed by atoms with Gasteiger partial charge in [0.1, 0.15) is 11.5 Å². The zero-order chi connectivity index (χ0) is 18.2. The average molecular weight is 350 g/mol. The number of rotatable bonds is 7. The number of anilines is 1. The van der Waals surface area contributed by atoms with Crippen LogP contribution in [-0.2, 0) is 0 Å². The molecule has 1 amide bonds. The SMILES string of the molecule is CC(NC(=O)c1cnc(NCCC2=CCCCC2)cn1)c1ccccc1. The van der Waals surface area contributed by atoms with E-state index < -0.39 is 0 Å². The van der Waals surface area contributed by atoms with Crippen molar-refractivity contribution < 1.29 is 4.79 Å². The highest BCUT2D eigenvalue weighted by Gasteiger charge is 2.13. The van der Waals surface area contributed by atoms with Crippen LogP contribution in [0.2, 0.25) is 0 Å². The van der Waals surface area contributed by atoms with Gasteiger partial charge < -0.3 is 10.6 Å². The third kappa shape index (κ3) is 5.15. The Bertz CT molecular complexity index is 740. The molecule has 1 heterocycles. The van der Waals surface area contributed by atoms with Crippen molar-refractivity contribution in [2.75, 3.05) is 11.9 Å². The summed E-state index contributed by atoms with van der Waals surface area (Å²) in [6.07, 6.45) is 11.6. The van der Waals surface area contributed by atoms with E-state index in [0.717, 1.165) is 18.5 Å². The lowest BCUT2D eigenvalue weighted by atomic mass is 9.97. The van der Waals surface area contributed by atoms with E-state index in [1.54, 1.807) is 6.20 Å². The molecule has 136 valence electrons. The molecule has 1 aromatic heterocycles. The molecule has 1 aliphatic carbocycles.